The minimum atomic E-state index is 0. The largest absolute Gasteiger partial charge is 0.383 e. The number of aromatic nitrogens is 2. The molecule has 0 spiro atoms. The fraction of sp³-hybridized carbons (Fsp3) is 0.545. The van der Waals surface area contributed by atoms with Crippen LogP contribution < -0.4 is 10.6 Å². The second-order valence-electron chi connectivity index (χ2n) is 7.51. The number of hydrogen-bond acceptors (Lipinski definition) is 4. The average Bonchev–Trinajstić information content (AvgIpc) is 3.06. The molecule has 0 saturated heterocycles. The molecule has 1 aromatic heterocycles. The number of nitrogens with one attached hydrogen (secondary N) is 2. The number of hydrogen-bond donors (Lipinski definition) is 2. The summed E-state index contributed by atoms with van der Waals surface area (Å²) in [6.07, 6.45) is 2.10. The highest BCUT2D eigenvalue weighted by molar-refractivity contribution is 14.0. The summed E-state index contributed by atoms with van der Waals surface area (Å²) >= 11 is 0. The average molecular weight is 528 g/mol. The molecule has 0 fully saturated rings. The number of aliphatic imine (C=N–C) groups is 1. The third-order valence-electron chi connectivity index (χ3n) is 4.59. The van der Waals surface area contributed by atoms with E-state index in [1.807, 2.05) is 11.7 Å². The van der Waals surface area contributed by atoms with Gasteiger partial charge >= 0.3 is 0 Å². The predicted octanol–water partition coefficient (Wildman–Crippen LogP) is 3.82. The topological polar surface area (TPSA) is 66.7 Å². The molecule has 2 rings (SSSR count). The van der Waals surface area contributed by atoms with Crippen molar-refractivity contribution >= 4 is 35.6 Å². The summed E-state index contributed by atoms with van der Waals surface area (Å²) in [6.45, 7) is 10.2. The van der Waals surface area contributed by atoms with Gasteiger partial charge in [-0.3, -0.25) is 4.68 Å². The fourth-order valence-corrected chi connectivity index (χ4v) is 3.15. The van der Waals surface area contributed by atoms with Gasteiger partial charge in [0, 0.05) is 58.3 Å². The maximum atomic E-state index is 5.06. The first-order valence-electron chi connectivity index (χ1n) is 10.3. The first-order valence-corrected chi connectivity index (χ1v) is 10.3. The number of benzene rings is 1. The molecule has 2 aromatic rings. The van der Waals surface area contributed by atoms with E-state index in [9.17, 15) is 0 Å². The van der Waals surface area contributed by atoms with Gasteiger partial charge in [0.15, 0.2) is 5.96 Å². The molecule has 30 heavy (non-hydrogen) atoms. The first kappa shape index (κ1) is 26.2. The van der Waals surface area contributed by atoms with Crippen LogP contribution in [0.1, 0.15) is 43.5 Å². The Balaban J connectivity index is 0.00000450. The Kier molecular flexibility index (Phi) is 11.8. The lowest BCUT2D eigenvalue weighted by molar-refractivity contribution is 0.211. The number of aryl methyl sites for hydroxylation is 1. The van der Waals surface area contributed by atoms with E-state index < -0.39 is 0 Å². The van der Waals surface area contributed by atoms with Crippen LogP contribution in [0, 0.1) is 0 Å². The smallest absolute Gasteiger partial charge is 0.194 e. The normalized spacial score (nSPS) is 11.4. The van der Waals surface area contributed by atoms with Crippen molar-refractivity contribution in [1.29, 1.82) is 0 Å². The Hall–Kier alpha value is -1.81. The monoisotopic (exact) mass is 528 g/mol. The molecule has 1 heterocycles. The molecule has 1 aromatic carbocycles. The van der Waals surface area contributed by atoms with Crippen LogP contribution in [0.3, 0.4) is 0 Å². The minimum Gasteiger partial charge on any atom is -0.383 e. The van der Waals surface area contributed by atoms with E-state index in [1.54, 1.807) is 7.11 Å². The number of anilines is 1. The number of guanidine groups is 1. The Morgan fingerprint density at radius 1 is 1.27 bits per heavy atom. The second-order valence-corrected chi connectivity index (χ2v) is 7.51. The van der Waals surface area contributed by atoms with Gasteiger partial charge < -0.3 is 20.3 Å². The Labute approximate surface area is 198 Å². The van der Waals surface area contributed by atoms with Crippen molar-refractivity contribution in [2.75, 3.05) is 39.2 Å². The summed E-state index contributed by atoms with van der Waals surface area (Å²) < 4.78 is 6.96. The van der Waals surface area contributed by atoms with Gasteiger partial charge in [-0.25, -0.2) is 4.99 Å². The molecule has 8 heteroatoms. The highest BCUT2D eigenvalue weighted by Gasteiger charge is 2.15. The van der Waals surface area contributed by atoms with E-state index in [2.05, 4.69) is 78.9 Å². The van der Waals surface area contributed by atoms with Crippen LogP contribution in [-0.2, 0) is 24.9 Å². The van der Waals surface area contributed by atoms with E-state index in [4.69, 9.17) is 9.73 Å². The molecular formula is C22H37IN6O. The highest BCUT2D eigenvalue weighted by atomic mass is 127. The van der Waals surface area contributed by atoms with Crippen LogP contribution in [0.4, 0.5) is 5.69 Å². The summed E-state index contributed by atoms with van der Waals surface area (Å²) in [5, 5.41) is 11.3. The highest BCUT2D eigenvalue weighted by Crippen LogP contribution is 2.18. The summed E-state index contributed by atoms with van der Waals surface area (Å²) in [6, 6.07) is 8.39. The Bertz CT molecular complexity index is 772. The minimum absolute atomic E-state index is 0. The van der Waals surface area contributed by atoms with Gasteiger partial charge in [0.2, 0.25) is 0 Å². The molecule has 0 radical (unpaired) electrons. The first-order chi connectivity index (χ1) is 13.9. The number of halogens is 1. The van der Waals surface area contributed by atoms with E-state index in [0.29, 0.717) is 19.1 Å². The standard InChI is InChI=1S/C22H36N6O.HI/c1-7-23-22(27(4)15-19-16-28(5)26-21(19)17(2)3)25-14-18-8-10-20(11-9-18)24-12-13-29-6;/h8-11,16-17,24H,7,12-15H2,1-6H3,(H,23,25);1H. The van der Waals surface area contributed by atoms with Crippen molar-refractivity contribution in [3.63, 3.8) is 0 Å². The van der Waals surface area contributed by atoms with E-state index in [-0.39, 0.29) is 24.0 Å². The van der Waals surface area contributed by atoms with E-state index in [1.165, 1.54) is 11.1 Å². The molecule has 0 unspecified atom stereocenters. The molecule has 0 bridgehead atoms. The molecule has 168 valence electrons. The number of nitrogens with zero attached hydrogens (tertiary/aromatic N) is 4. The second kappa shape index (κ2) is 13.5. The Morgan fingerprint density at radius 3 is 2.57 bits per heavy atom. The lowest BCUT2D eigenvalue weighted by Crippen LogP contribution is -2.38. The van der Waals surface area contributed by atoms with Crippen molar-refractivity contribution in [3.8, 4) is 0 Å². The van der Waals surface area contributed by atoms with Gasteiger partial charge in [-0.15, -0.1) is 24.0 Å². The van der Waals surface area contributed by atoms with Gasteiger partial charge in [0.1, 0.15) is 0 Å². The van der Waals surface area contributed by atoms with Crippen LogP contribution >= 0.6 is 24.0 Å². The van der Waals surface area contributed by atoms with Gasteiger partial charge in [-0.2, -0.15) is 5.10 Å². The van der Waals surface area contributed by atoms with E-state index in [0.717, 1.165) is 37.0 Å². The molecule has 0 aliphatic carbocycles. The number of methoxy groups -OCH3 is 1. The van der Waals surface area contributed by atoms with Gasteiger partial charge in [-0.05, 0) is 30.5 Å². The zero-order valence-electron chi connectivity index (χ0n) is 19.1. The number of ether oxygens (including phenoxy) is 1. The third-order valence-corrected chi connectivity index (χ3v) is 4.59. The fourth-order valence-electron chi connectivity index (χ4n) is 3.15. The summed E-state index contributed by atoms with van der Waals surface area (Å²) in [7, 11) is 5.75. The zero-order valence-corrected chi connectivity index (χ0v) is 21.4. The molecule has 0 atom stereocenters. The predicted molar refractivity (Wildman–Crippen MR) is 136 cm³/mol. The van der Waals surface area contributed by atoms with Crippen molar-refractivity contribution in [3.05, 3.63) is 47.3 Å². The van der Waals surface area contributed by atoms with Gasteiger partial charge in [0.25, 0.3) is 0 Å². The zero-order chi connectivity index (χ0) is 21.2. The summed E-state index contributed by atoms with van der Waals surface area (Å²) in [4.78, 5) is 6.99. The van der Waals surface area contributed by atoms with Crippen LogP contribution in [0.25, 0.3) is 0 Å². The Morgan fingerprint density at radius 2 is 1.97 bits per heavy atom. The summed E-state index contributed by atoms with van der Waals surface area (Å²) in [5.74, 6) is 1.29. The molecule has 0 aliphatic heterocycles. The molecule has 7 nitrogen and oxygen atoms in total. The lowest BCUT2D eigenvalue weighted by atomic mass is 10.1. The lowest BCUT2D eigenvalue weighted by Gasteiger charge is -2.22. The van der Waals surface area contributed by atoms with Crippen LogP contribution in [-0.4, -0.2) is 54.5 Å². The van der Waals surface area contributed by atoms with Gasteiger partial charge in [-0.1, -0.05) is 26.0 Å². The molecule has 0 amide bonds. The molecule has 2 N–H and O–H groups in total. The third kappa shape index (κ3) is 8.14. The van der Waals surface area contributed by atoms with Crippen molar-refractivity contribution < 1.29 is 4.74 Å². The maximum absolute atomic E-state index is 5.06. The quantitative estimate of drug-likeness (QED) is 0.213. The number of rotatable bonds is 10. The summed E-state index contributed by atoms with van der Waals surface area (Å²) in [5.41, 5.74) is 4.65. The molecule has 0 aliphatic rings. The van der Waals surface area contributed by atoms with E-state index >= 15 is 0 Å². The van der Waals surface area contributed by atoms with Crippen LogP contribution in [0.2, 0.25) is 0 Å². The SMILES string of the molecule is CCNC(=NCc1ccc(NCCOC)cc1)N(C)Cc1cn(C)nc1C(C)C.I. The molecule has 0 saturated carbocycles. The maximum Gasteiger partial charge on any atom is 0.194 e. The van der Waals surface area contributed by atoms with Crippen LogP contribution in [0.5, 0.6) is 0 Å². The van der Waals surface area contributed by atoms with Crippen molar-refractivity contribution in [2.45, 2.75) is 39.8 Å². The van der Waals surface area contributed by atoms with Crippen LogP contribution in [0.15, 0.2) is 35.5 Å². The van der Waals surface area contributed by atoms with Crippen molar-refractivity contribution in [1.82, 2.24) is 20.0 Å². The molecular weight excluding hydrogens is 491 g/mol. The van der Waals surface area contributed by atoms with Gasteiger partial charge in [0.05, 0.1) is 18.8 Å². The van der Waals surface area contributed by atoms with Crippen molar-refractivity contribution in [2.24, 2.45) is 12.0 Å².